The van der Waals surface area contributed by atoms with Crippen molar-refractivity contribution < 1.29 is 31.8 Å². The molecule has 0 aliphatic heterocycles. The van der Waals surface area contributed by atoms with Gasteiger partial charge in [-0.05, 0) is 55.5 Å². The summed E-state index contributed by atoms with van der Waals surface area (Å²) < 4.78 is 66.4. The molecule has 0 aromatic heterocycles. The van der Waals surface area contributed by atoms with Crippen LogP contribution in [0.5, 0.6) is 5.75 Å². The Morgan fingerprint density at radius 1 is 0.853 bits per heavy atom. The smallest absolute Gasteiger partial charge is 0.349 e. The van der Waals surface area contributed by atoms with Gasteiger partial charge in [-0.1, -0.05) is 36.4 Å². The predicted molar refractivity (Wildman–Crippen MR) is 123 cm³/mol. The molecule has 3 aromatic carbocycles. The lowest BCUT2D eigenvalue weighted by atomic mass is 10.1. The summed E-state index contributed by atoms with van der Waals surface area (Å²) in [5.41, 5.74) is 0.977. The highest BCUT2D eigenvalue weighted by atomic mass is 19.1. The molecule has 0 amide bonds. The van der Waals surface area contributed by atoms with Gasteiger partial charge in [-0.25, -0.2) is 22.4 Å². The van der Waals surface area contributed by atoms with Gasteiger partial charge < -0.3 is 9.47 Å². The van der Waals surface area contributed by atoms with E-state index in [1.165, 1.54) is 13.0 Å². The van der Waals surface area contributed by atoms with Crippen LogP contribution in [0.2, 0.25) is 0 Å². The molecule has 0 bridgehead atoms. The highest BCUT2D eigenvalue weighted by molar-refractivity contribution is 5.92. The Morgan fingerprint density at radius 3 is 2.03 bits per heavy atom. The van der Waals surface area contributed by atoms with Crippen molar-refractivity contribution in [3.8, 4) is 5.75 Å². The Bertz CT molecular complexity index is 1140. The molecular weight excluding hydrogens is 448 g/mol. The molecule has 0 saturated carbocycles. The number of carbonyl (C=O) groups is 1. The first kappa shape index (κ1) is 25.2. The maximum atomic E-state index is 14.5. The number of hydrogen-bond donors (Lipinski definition) is 0. The minimum absolute atomic E-state index is 0.194. The van der Waals surface area contributed by atoms with Crippen LogP contribution in [0.3, 0.4) is 0 Å². The summed E-state index contributed by atoms with van der Waals surface area (Å²) in [5.74, 6) is -6.07. The molecule has 0 N–H and O–H groups in total. The van der Waals surface area contributed by atoms with Gasteiger partial charge in [0.2, 0.25) is 0 Å². The summed E-state index contributed by atoms with van der Waals surface area (Å²) in [5, 5.41) is 0. The van der Waals surface area contributed by atoms with Crippen LogP contribution in [0.25, 0.3) is 12.2 Å². The van der Waals surface area contributed by atoms with Crippen molar-refractivity contribution in [2.24, 2.45) is 0 Å². The second-order valence-electron chi connectivity index (χ2n) is 7.64. The quantitative estimate of drug-likeness (QED) is 0.112. The summed E-state index contributed by atoms with van der Waals surface area (Å²) in [6.07, 6.45) is 5.01. The molecule has 0 unspecified atom stereocenters. The molecule has 0 aliphatic rings. The molecule has 3 aromatic rings. The number of hydrogen-bond acceptors (Lipinski definition) is 3. The lowest BCUT2D eigenvalue weighted by molar-refractivity contribution is 0.0723. The van der Waals surface area contributed by atoms with Crippen LogP contribution in [-0.4, -0.2) is 19.2 Å². The predicted octanol–water partition coefficient (Wildman–Crippen LogP) is 6.91. The molecule has 178 valence electrons. The second kappa shape index (κ2) is 11.6. The van der Waals surface area contributed by atoms with Crippen LogP contribution < -0.4 is 4.74 Å². The number of aryl methyl sites for hydroxylation is 1. The van der Waals surface area contributed by atoms with Crippen molar-refractivity contribution in [3.05, 3.63) is 99.6 Å². The third-order valence-electron chi connectivity index (χ3n) is 5.14. The highest BCUT2D eigenvalue weighted by Gasteiger charge is 2.21. The molecule has 0 heterocycles. The average molecular weight is 472 g/mol. The van der Waals surface area contributed by atoms with E-state index in [4.69, 9.17) is 9.47 Å². The largest absolute Gasteiger partial charge is 0.423 e. The Balaban J connectivity index is 1.69. The third-order valence-corrected chi connectivity index (χ3v) is 5.14. The molecule has 0 fully saturated rings. The van der Waals surface area contributed by atoms with Gasteiger partial charge in [-0.2, -0.15) is 0 Å². The number of ether oxygens (including phenoxy) is 2. The van der Waals surface area contributed by atoms with Crippen molar-refractivity contribution in [2.75, 3.05) is 13.2 Å². The number of benzene rings is 3. The molecule has 7 heteroatoms. The summed E-state index contributed by atoms with van der Waals surface area (Å²) in [6.45, 7) is 4.56. The van der Waals surface area contributed by atoms with Gasteiger partial charge in [0.25, 0.3) is 0 Å². The van der Waals surface area contributed by atoms with E-state index in [0.29, 0.717) is 13.2 Å². The van der Waals surface area contributed by atoms with Gasteiger partial charge in [0.1, 0.15) is 34.6 Å². The standard InChI is InChI=1S/C27H24F4O3/c1-3-33-12-4-5-18-6-8-19(9-7-18)10-11-20-13-24(30)26(25(31)14-20)27(32)34-21-15-22(28)17(2)23(29)16-21/h6-11,13-16H,3-5,12H2,1-2H3/b11-10+. The van der Waals surface area contributed by atoms with E-state index in [9.17, 15) is 22.4 Å². The zero-order chi connectivity index (χ0) is 24.7. The van der Waals surface area contributed by atoms with Crippen LogP contribution in [0, 0.1) is 30.2 Å². The molecule has 0 spiro atoms. The first-order valence-corrected chi connectivity index (χ1v) is 10.8. The number of halogens is 4. The first-order chi connectivity index (χ1) is 16.3. The molecule has 0 radical (unpaired) electrons. The van der Waals surface area contributed by atoms with Crippen molar-refractivity contribution in [2.45, 2.75) is 26.7 Å². The zero-order valence-corrected chi connectivity index (χ0v) is 18.8. The fraction of sp³-hybridized carbons (Fsp3) is 0.222. The second-order valence-corrected chi connectivity index (χ2v) is 7.64. The Hall–Kier alpha value is -3.45. The number of esters is 1. The van der Waals surface area contributed by atoms with Crippen LogP contribution in [0.1, 0.15) is 46.0 Å². The summed E-state index contributed by atoms with van der Waals surface area (Å²) >= 11 is 0. The fourth-order valence-corrected chi connectivity index (χ4v) is 3.23. The summed E-state index contributed by atoms with van der Waals surface area (Å²) in [6, 6.07) is 11.2. The lowest BCUT2D eigenvalue weighted by Crippen LogP contribution is -2.14. The highest BCUT2D eigenvalue weighted by Crippen LogP contribution is 2.23. The number of carbonyl (C=O) groups excluding carboxylic acids is 1. The maximum absolute atomic E-state index is 14.5. The van der Waals surface area contributed by atoms with Gasteiger partial charge in [0.05, 0.1) is 0 Å². The molecule has 3 nitrogen and oxygen atoms in total. The molecule has 34 heavy (non-hydrogen) atoms. The average Bonchev–Trinajstić information content (AvgIpc) is 2.79. The monoisotopic (exact) mass is 472 g/mol. The zero-order valence-electron chi connectivity index (χ0n) is 18.8. The normalized spacial score (nSPS) is 11.2. The van der Waals surface area contributed by atoms with E-state index < -0.39 is 40.6 Å². The fourth-order valence-electron chi connectivity index (χ4n) is 3.23. The SMILES string of the molecule is CCOCCCc1ccc(/C=C/c2cc(F)c(C(=O)Oc3cc(F)c(C)c(F)c3)c(F)c2)cc1. The topological polar surface area (TPSA) is 35.5 Å². The van der Waals surface area contributed by atoms with E-state index in [1.807, 2.05) is 31.2 Å². The Labute approximate surface area is 195 Å². The molecule has 3 rings (SSSR count). The van der Waals surface area contributed by atoms with Crippen molar-refractivity contribution in [3.63, 3.8) is 0 Å². The van der Waals surface area contributed by atoms with Crippen LogP contribution >= 0.6 is 0 Å². The Kier molecular flexibility index (Phi) is 8.60. The van der Waals surface area contributed by atoms with Crippen LogP contribution in [0.4, 0.5) is 17.6 Å². The Morgan fingerprint density at radius 2 is 1.44 bits per heavy atom. The van der Waals surface area contributed by atoms with Crippen LogP contribution in [-0.2, 0) is 11.2 Å². The van der Waals surface area contributed by atoms with Crippen molar-refractivity contribution >= 4 is 18.1 Å². The first-order valence-electron chi connectivity index (χ1n) is 10.8. The minimum atomic E-state index is -1.40. The number of rotatable bonds is 9. The molecule has 0 aliphatic carbocycles. The summed E-state index contributed by atoms with van der Waals surface area (Å²) in [4.78, 5) is 12.2. The van der Waals surface area contributed by atoms with Crippen molar-refractivity contribution in [1.29, 1.82) is 0 Å². The van der Waals surface area contributed by atoms with Gasteiger partial charge in [-0.3, -0.25) is 0 Å². The van der Waals surface area contributed by atoms with Crippen LogP contribution in [0.15, 0.2) is 48.5 Å². The van der Waals surface area contributed by atoms with E-state index in [1.54, 1.807) is 6.08 Å². The molecule has 0 saturated heterocycles. The van der Waals surface area contributed by atoms with E-state index in [-0.39, 0.29) is 11.1 Å². The minimum Gasteiger partial charge on any atom is -0.423 e. The third kappa shape index (κ3) is 6.54. The van der Waals surface area contributed by atoms with E-state index in [0.717, 1.165) is 48.2 Å². The van der Waals surface area contributed by atoms with Gasteiger partial charge >= 0.3 is 5.97 Å². The lowest BCUT2D eigenvalue weighted by Gasteiger charge is -2.09. The molecular formula is C27H24F4O3. The van der Waals surface area contributed by atoms with Gasteiger partial charge in [-0.15, -0.1) is 0 Å². The van der Waals surface area contributed by atoms with E-state index >= 15 is 0 Å². The summed E-state index contributed by atoms with van der Waals surface area (Å²) in [7, 11) is 0. The van der Waals surface area contributed by atoms with Crippen molar-refractivity contribution in [1.82, 2.24) is 0 Å². The maximum Gasteiger partial charge on any atom is 0.349 e. The van der Waals surface area contributed by atoms with Gasteiger partial charge in [0, 0.05) is 30.9 Å². The molecule has 0 atom stereocenters. The van der Waals surface area contributed by atoms with Gasteiger partial charge in [0.15, 0.2) is 0 Å². The van der Waals surface area contributed by atoms with E-state index in [2.05, 4.69) is 0 Å².